The van der Waals surface area contributed by atoms with Gasteiger partial charge < -0.3 is 35.3 Å². The quantitative estimate of drug-likeness (QED) is 0.193. The van der Waals surface area contributed by atoms with Crippen LogP contribution in [0.25, 0.3) is 0 Å². The molecule has 0 aromatic heterocycles. The van der Waals surface area contributed by atoms with E-state index >= 15 is 0 Å². The van der Waals surface area contributed by atoms with Gasteiger partial charge in [0.05, 0.1) is 18.4 Å². The number of carbonyl (C=O) groups is 3. The highest BCUT2D eigenvalue weighted by Crippen LogP contribution is 2.67. The van der Waals surface area contributed by atoms with Gasteiger partial charge in [-0.15, -0.1) is 0 Å². The van der Waals surface area contributed by atoms with E-state index in [2.05, 4.69) is 17.4 Å². The van der Waals surface area contributed by atoms with Crippen LogP contribution in [0.3, 0.4) is 0 Å². The van der Waals surface area contributed by atoms with Crippen LogP contribution >= 0.6 is 0 Å². The first-order valence-electron chi connectivity index (χ1n) is 16.0. The lowest BCUT2D eigenvalue weighted by Crippen LogP contribution is -2.62. The van der Waals surface area contributed by atoms with Gasteiger partial charge in [0, 0.05) is 11.8 Å². The second-order valence-electron chi connectivity index (χ2n) is 13.7. The first kappa shape index (κ1) is 33.1. The maximum Gasteiger partial charge on any atom is 0.328 e. The fraction of sp³-hybridized carbons (Fsp3) is 0.647. The van der Waals surface area contributed by atoms with Gasteiger partial charge in [0.25, 0.3) is 5.91 Å². The molecule has 8 atom stereocenters. The van der Waals surface area contributed by atoms with Gasteiger partial charge in [-0.1, -0.05) is 36.7 Å². The number of esters is 1. The van der Waals surface area contributed by atoms with Gasteiger partial charge in [-0.05, 0) is 98.8 Å². The molecule has 5 unspecified atom stereocenters. The summed E-state index contributed by atoms with van der Waals surface area (Å²) in [5, 5.41) is 49.0. The van der Waals surface area contributed by atoms with Gasteiger partial charge >= 0.3 is 5.97 Å². The Hall–Kier alpha value is -3.28. The number of rotatable bonds is 10. The SMILES string of the molecule is CCOC(=O)C(Cc1ccc(O)cc1)NC(=O)CON=C1C=C2CCC3C(C(O)C[C@@]4(C)C3CC[C@]4(O)C(=O)CO)[C@@]2(C)CC1. The summed E-state index contributed by atoms with van der Waals surface area (Å²) >= 11 is 0. The molecule has 1 aromatic rings. The lowest BCUT2D eigenvalue weighted by molar-refractivity contribution is -0.181. The van der Waals surface area contributed by atoms with Crippen LogP contribution in [0.1, 0.15) is 71.3 Å². The number of oxime groups is 1. The molecule has 1 amide bonds. The van der Waals surface area contributed by atoms with E-state index in [-0.39, 0.29) is 48.6 Å². The predicted octanol–water partition coefficient (Wildman–Crippen LogP) is 2.58. The standard InChI is InChI=1S/C34H46N2O9/c1-4-44-31(42)26(15-20-5-8-23(38)9-6-20)35-29(41)19-45-36-22-11-13-32(2)21(16-22)7-10-24-25-12-14-34(43,28(40)18-37)33(25,3)17-27(39)30(24)32/h5-6,8-9,16,24-27,30,37-39,43H,4,7,10-15,17-19H2,1-3H3,(H,35,41)/t24?,25?,26?,27?,30?,32-,33-,34-/m0/s1. The number of benzene rings is 1. The zero-order valence-electron chi connectivity index (χ0n) is 26.3. The number of amides is 1. The molecule has 0 saturated heterocycles. The molecule has 5 N–H and O–H groups in total. The Kier molecular flexibility index (Phi) is 9.45. The number of aliphatic hydroxyl groups excluding tert-OH is 2. The van der Waals surface area contributed by atoms with Crippen LogP contribution in [0.5, 0.6) is 5.75 Å². The summed E-state index contributed by atoms with van der Waals surface area (Å²) in [6.07, 6.45) is 5.76. The number of nitrogens with zero attached hydrogens (tertiary/aromatic N) is 1. The van der Waals surface area contributed by atoms with Gasteiger partial charge in [0.2, 0.25) is 0 Å². The molecule has 0 aliphatic heterocycles. The van der Waals surface area contributed by atoms with E-state index < -0.39 is 47.4 Å². The smallest absolute Gasteiger partial charge is 0.328 e. The monoisotopic (exact) mass is 626 g/mol. The van der Waals surface area contributed by atoms with Crippen molar-refractivity contribution in [2.24, 2.45) is 33.7 Å². The number of phenolic OH excluding ortho intramolecular Hbond substituents is 1. The first-order chi connectivity index (χ1) is 21.4. The van der Waals surface area contributed by atoms with E-state index in [0.717, 1.165) is 24.8 Å². The normalized spacial score (nSPS) is 35.3. The molecule has 11 nitrogen and oxygen atoms in total. The number of phenols is 1. The highest BCUT2D eigenvalue weighted by Gasteiger charge is 2.68. The number of hydrogen-bond donors (Lipinski definition) is 5. The van der Waals surface area contributed by atoms with Crippen LogP contribution < -0.4 is 5.32 Å². The molecule has 11 heteroatoms. The maximum absolute atomic E-state index is 12.7. The minimum Gasteiger partial charge on any atom is -0.508 e. The van der Waals surface area contributed by atoms with Crippen molar-refractivity contribution in [2.45, 2.75) is 89.9 Å². The molecule has 4 aliphatic rings. The van der Waals surface area contributed by atoms with Gasteiger partial charge in [0.1, 0.15) is 24.0 Å². The summed E-state index contributed by atoms with van der Waals surface area (Å²) in [5.41, 5.74) is -0.0411. The van der Waals surface area contributed by atoms with Crippen LogP contribution in [0, 0.1) is 28.6 Å². The Balaban J connectivity index is 1.23. The van der Waals surface area contributed by atoms with E-state index in [1.165, 1.54) is 17.7 Å². The number of aromatic hydroxyl groups is 1. The fourth-order valence-corrected chi connectivity index (χ4v) is 9.08. The van der Waals surface area contributed by atoms with E-state index in [4.69, 9.17) is 9.57 Å². The van der Waals surface area contributed by atoms with Crippen molar-refractivity contribution < 1.29 is 44.4 Å². The maximum atomic E-state index is 12.7. The van der Waals surface area contributed by atoms with Gasteiger partial charge in [-0.2, -0.15) is 0 Å². The Bertz CT molecular complexity index is 1360. The molecular formula is C34H46N2O9. The van der Waals surface area contributed by atoms with E-state index in [1.807, 2.05) is 13.0 Å². The first-order valence-corrected chi connectivity index (χ1v) is 16.0. The number of nitrogens with one attached hydrogen (secondary N) is 1. The lowest BCUT2D eigenvalue weighted by atomic mass is 9.45. The molecule has 0 heterocycles. The van der Waals surface area contributed by atoms with E-state index in [9.17, 15) is 34.8 Å². The highest BCUT2D eigenvalue weighted by atomic mass is 16.6. The van der Waals surface area contributed by atoms with Crippen molar-refractivity contribution in [2.75, 3.05) is 19.8 Å². The molecule has 45 heavy (non-hydrogen) atoms. The Labute approximate surface area is 263 Å². The second kappa shape index (κ2) is 12.8. The third-order valence-electron chi connectivity index (χ3n) is 11.3. The molecule has 0 spiro atoms. The van der Waals surface area contributed by atoms with Crippen LogP contribution in [0.15, 0.2) is 41.1 Å². The minimum atomic E-state index is -1.62. The summed E-state index contributed by atoms with van der Waals surface area (Å²) in [6, 6.07) is 5.44. The predicted molar refractivity (Wildman–Crippen MR) is 164 cm³/mol. The minimum absolute atomic E-state index is 0.0243. The average molecular weight is 627 g/mol. The van der Waals surface area contributed by atoms with Gasteiger partial charge in [0.15, 0.2) is 12.4 Å². The number of ketones is 1. The molecule has 4 aliphatic carbocycles. The zero-order valence-corrected chi connectivity index (χ0v) is 26.3. The summed E-state index contributed by atoms with van der Waals surface area (Å²) in [4.78, 5) is 43.3. The summed E-state index contributed by atoms with van der Waals surface area (Å²) in [6.45, 7) is 4.87. The van der Waals surface area contributed by atoms with Crippen molar-refractivity contribution in [1.29, 1.82) is 0 Å². The van der Waals surface area contributed by atoms with Crippen molar-refractivity contribution in [1.82, 2.24) is 5.32 Å². The number of aliphatic hydroxyl groups is 3. The lowest BCUT2D eigenvalue weighted by Gasteiger charge is -2.60. The van der Waals surface area contributed by atoms with E-state index in [1.54, 1.807) is 19.1 Å². The molecular weight excluding hydrogens is 580 g/mol. The molecule has 3 fully saturated rings. The average Bonchev–Trinajstić information content (AvgIpc) is 3.28. The fourth-order valence-electron chi connectivity index (χ4n) is 9.08. The Morgan fingerprint density at radius 3 is 2.53 bits per heavy atom. The van der Waals surface area contributed by atoms with Crippen molar-refractivity contribution in [3.63, 3.8) is 0 Å². The molecule has 0 bridgehead atoms. The van der Waals surface area contributed by atoms with Crippen molar-refractivity contribution >= 4 is 23.4 Å². The topological polar surface area (TPSA) is 175 Å². The molecule has 3 saturated carbocycles. The number of Topliss-reactive ketones (excluding diaryl/α,β-unsaturated/α-hetero) is 1. The highest BCUT2D eigenvalue weighted by molar-refractivity contribution is 5.96. The number of ether oxygens (including phenoxy) is 1. The van der Waals surface area contributed by atoms with Gasteiger partial charge in [-0.25, -0.2) is 4.79 Å². The summed E-state index contributed by atoms with van der Waals surface area (Å²) < 4.78 is 5.13. The third kappa shape index (κ3) is 6.02. The van der Waals surface area contributed by atoms with E-state index in [0.29, 0.717) is 31.4 Å². The molecule has 246 valence electrons. The number of hydrogen-bond acceptors (Lipinski definition) is 10. The number of allylic oxidation sites excluding steroid dienone is 2. The van der Waals surface area contributed by atoms with Crippen LogP contribution in [-0.4, -0.2) is 81.4 Å². The van der Waals surface area contributed by atoms with Gasteiger partial charge in [-0.3, -0.25) is 9.59 Å². The Morgan fingerprint density at radius 2 is 1.84 bits per heavy atom. The van der Waals surface area contributed by atoms with Crippen molar-refractivity contribution in [3.05, 3.63) is 41.5 Å². The van der Waals surface area contributed by atoms with Crippen LogP contribution in [0.2, 0.25) is 0 Å². The molecule has 1 aromatic carbocycles. The Morgan fingerprint density at radius 1 is 1.11 bits per heavy atom. The molecule has 0 radical (unpaired) electrons. The van der Waals surface area contributed by atoms with Crippen LogP contribution in [0.4, 0.5) is 0 Å². The zero-order chi connectivity index (χ0) is 32.6. The number of fused-ring (bicyclic) bond motifs is 5. The largest absolute Gasteiger partial charge is 0.508 e. The summed E-state index contributed by atoms with van der Waals surface area (Å²) in [5.74, 6) is -1.34. The number of carbonyl (C=O) groups excluding carboxylic acids is 3. The third-order valence-corrected chi connectivity index (χ3v) is 11.3. The van der Waals surface area contributed by atoms with Crippen LogP contribution in [-0.2, 0) is 30.4 Å². The molecule has 5 rings (SSSR count). The van der Waals surface area contributed by atoms with Crippen molar-refractivity contribution in [3.8, 4) is 5.75 Å². The second-order valence-corrected chi connectivity index (χ2v) is 13.7. The summed E-state index contributed by atoms with van der Waals surface area (Å²) in [7, 11) is 0.